The Balaban J connectivity index is 1.08. The summed E-state index contributed by atoms with van der Waals surface area (Å²) in [6, 6.07) is 4.11. The van der Waals surface area contributed by atoms with E-state index < -0.39 is 41.1 Å². The molecule has 1 aromatic carbocycles. The number of hydrogen-bond acceptors (Lipinski definition) is 9. The molecule has 0 spiro atoms. The summed E-state index contributed by atoms with van der Waals surface area (Å²) < 4.78 is 51.6. The average Bonchev–Trinajstić information content (AvgIpc) is 3.60. The summed E-state index contributed by atoms with van der Waals surface area (Å²) in [5, 5.41) is 18.3. The number of nitriles is 1. The van der Waals surface area contributed by atoms with Crippen LogP contribution in [-0.2, 0) is 15.7 Å². The van der Waals surface area contributed by atoms with E-state index in [4.69, 9.17) is 14.7 Å². The van der Waals surface area contributed by atoms with Crippen molar-refractivity contribution >= 4 is 23.3 Å². The first-order valence-corrected chi connectivity index (χ1v) is 15.3. The maximum Gasteiger partial charge on any atom is 0.417 e. The number of fused-ring (bicyclic) bond motifs is 2. The highest BCUT2D eigenvalue weighted by Gasteiger charge is 2.70. The zero-order valence-electron chi connectivity index (χ0n) is 24.7. The van der Waals surface area contributed by atoms with Gasteiger partial charge in [0, 0.05) is 35.9 Å². The van der Waals surface area contributed by atoms with Gasteiger partial charge in [0.05, 0.1) is 43.4 Å². The van der Waals surface area contributed by atoms with Crippen LogP contribution in [0.4, 0.5) is 24.7 Å². The summed E-state index contributed by atoms with van der Waals surface area (Å²) in [7, 11) is 1.43. The highest BCUT2D eigenvalue weighted by Crippen LogP contribution is 2.65. The largest absolute Gasteiger partial charge is 0.480 e. The number of ether oxygens (including phenoxy) is 2. The number of anilines is 2. The molecule has 238 valence electrons. The van der Waals surface area contributed by atoms with Gasteiger partial charge in [-0.1, -0.05) is 0 Å². The van der Waals surface area contributed by atoms with Crippen LogP contribution in [0.3, 0.4) is 0 Å². The molecule has 1 saturated heterocycles. The Hall–Kier alpha value is -3.96. The molecule has 5 saturated carbocycles. The second-order valence-corrected chi connectivity index (χ2v) is 13.1. The number of amides is 2. The number of nitrogens with one attached hydrogen (secondary N) is 3. The molecule has 0 radical (unpaired) electrons. The van der Waals surface area contributed by atoms with Crippen LogP contribution in [-0.4, -0.2) is 77.2 Å². The Morgan fingerprint density at radius 1 is 1.13 bits per heavy atom. The number of benzene rings is 1. The third-order valence-corrected chi connectivity index (χ3v) is 10.5. The number of rotatable bonds is 8. The fourth-order valence-electron chi connectivity index (χ4n) is 8.59. The van der Waals surface area contributed by atoms with Gasteiger partial charge in [0.25, 0.3) is 5.91 Å². The lowest BCUT2D eigenvalue weighted by Gasteiger charge is -2.74. The highest BCUT2D eigenvalue weighted by atomic mass is 19.4. The van der Waals surface area contributed by atoms with E-state index in [9.17, 15) is 22.8 Å². The quantitative estimate of drug-likeness (QED) is 0.402. The van der Waals surface area contributed by atoms with Crippen molar-refractivity contribution in [2.24, 2.45) is 17.8 Å². The van der Waals surface area contributed by atoms with Gasteiger partial charge in [-0.25, -0.2) is 9.97 Å². The fraction of sp³-hybridized carbons (Fsp3) is 0.581. The smallest absolute Gasteiger partial charge is 0.417 e. The number of carbonyl (C=O) groups is 2. The summed E-state index contributed by atoms with van der Waals surface area (Å²) in [5.41, 5.74) is -1.54. The van der Waals surface area contributed by atoms with Crippen LogP contribution in [0.15, 0.2) is 24.5 Å². The predicted molar refractivity (Wildman–Crippen MR) is 154 cm³/mol. The van der Waals surface area contributed by atoms with Crippen molar-refractivity contribution in [2.75, 3.05) is 44.0 Å². The van der Waals surface area contributed by atoms with Crippen LogP contribution < -0.4 is 20.7 Å². The third kappa shape index (κ3) is 5.06. The molecule has 0 unspecified atom stereocenters. The molecular formula is C31H34F3N7O4. The summed E-state index contributed by atoms with van der Waals surface area (Å²) in [4.78, 5) is 38.6. The minimum Gasteiger partial charge on any atom is -0.480 e. The summed E-state index contributed by atoms with van der Waals surface area (Å²) in [5.74, 6) is -1.09. The minimum atomic E-state index is -4.75. The molecule has 2 aromatic rings. The van der Waals surface area contributed by atoms with Gasteiger partial charge in [0.15, 0.2) is 0 Å². The zero-order chi connectivity index (χ0) is 31.6. The average molecular weight is 626 g/mol. The number of nitrogens with zero attached hydrogens (tertiary/aromatic N) is 4. The number of alkyl halides is 3. The van der Waals surface area contributed by atoms with Crippen molar-refractivity contribution in [1.82, 2.24) is 20.2 Å². The van der Waals surface area contributed by atoms with Crippen LogP contribution in [0.2, 0.25) is 0 Å². The summed E-state index contributed by atoms with van der Waals surface area (Å²) in [6.45, 7) is 3.30. The van der Waals surface area contributed by atoms with E-state index in [1.807, 2.05) is 0 Å². The van der Waals surface area contributed by atoms with Gasteiger partial charge in [-0.15, -0.1) is 0 Å². The van der Waals surface area contributed by atoms with Crippen molar-refractivity contribution in [3.05, 3.63) is 41.2 Å². The molecule has 45 heavy (non-hydrogen) atoms. The molecule has 5 aliphatic carbocycles. The zero-order valence-corrected chi connectivity index (χ0v) is 24.7. The first-order valence-electron chi connectivity index (χ1n) is 15.3. The Kier molecular flexibility index (Phi) is 7.16. The van der Waals surface area contributed by atoms with E-state index in [0.717, 1.165) is 77.0 Å². The van der Waals surface area contributed by atoms with Crippen molar-refractivity contribution in [1.29, 1.82) is 5.26 Å². The topological polar surface area (TPSA) is 142 Å². The maximum absolute atomic E-state index is 13.9. The lowest BCUT2D eigenvalue weighted by molar-refractivity contribution is -0.172. The monoisotopic (exact) mass is 625 g/mol. The van der Waals surface area contributed by atoms with Crippen LogP contribution in [0, 0.1) is 29.1 Å². The molecule has 14 heteroatoms. The van der Waals surface area contributed by atoms with Crippen LogP contribution in [0.1, 0.15) is 60.0 Å². The molecule has 2 heterocycles. The number of halogens is 3. The number of morpholine rings is 1. The van der Waals surface area contributed by atoms with Gasteiger partial charge in [0.1, 0.15) is 17.7 Å². The number of aromatic nitrogens is 2. The van der Waals surface area contributed by atoms with E-state index >= 15 is 0 Å². The van der Waals surface area contributed by atoms with E-state index in [-0.39, 0.29) is 40.0 Å². The molecule has 4 bridgehead atoms. The van der Waals surface area contributed by atoms with Crippen molar-refractivity contribution in [2.45, 2.75) is 61.8 Å². The molecule has 8 rings (SSSR count). The first kappa shape index (κ1) is 29.7. The van der Waals surface area contributed by atoms with Gasteiger partial charge >= 0.3 is 6.18 Å². The third-order valence-electron chi connectivity index (χ3n) is 10.5. The Morgan fingerprint density at radius 3 is 2.56 bits per heavy atom. The molecule has 2 amide bonds. The van der Waals surface area contributed by atoms with Crippen molar-refractivity contribution in [3.8, 4) is 11.9 Å². The van der Waals surface area contributed by atoms with Crippen LogP contribution >= 0.6 is 0 Å². The standard InChI is InChI=1S/C31H34F3N7O4/c1-44-28-23(25(36-16-37-28)40-29-13-30(14-29,15-29)41-6-8-45-9-7-41)27(43)39-24-18-3-2-17(10-18)22(24)26(42)38-20-5-4-19(12-35)21(11-20)31(32,33)34/h4-5,11,16-18,22,24H,2-3,6-10,13-15H2,1H3,(H,38,42)(H,39,43)(H,36,37,40)/t17-,18+,22+,24-,29?,30?/m1/s1. The minimum absolute atomic E-state index is 0.0237. The lowest BCUT2D eigenvalue weighted by atomic mass is 9.43. The predicted octanol–water partition coefficient (Wildman–Crippen LogP) is 3.58. The molecule has 1 aromatic heterocycles. The van der Waals surface area contributed by atoms with Crippen LogP contribution in [0.5, 0.6) is 5.88 Å². The van der Waals surface area contributed by atoms with Crippen molar-refractivity contribution in [3.63, 3.8) is 0 Å². The molecule has 1 aliphatic heterocycles. The lowest BCUT2D eigenvalue weighted by Crippen LogP contribution is -2.82. The number of hydrogen-bond donors (Lipinski definition) is 3. The highest BCUT2D eigenvalue weighted by molar-refractivity contribution is 6.02. The van der Waals surface area contributed by atoms with E-state index in [0.29, 0.717) is 5.82 Å². The van der Waals surface area contributed by atoms with E-state index in [1.54, 1.807) is 6.07 Å². The Morgan fingerprint density at radius 2 is 1.87 bits per heavy atom. The van der Waals surface area contributed by atoms with Gasteiger partial charge in [-0.05, 0) is 68.6 Å². The number of methoxy groups -OCH3 is 1. The SMILES string of the molecule is COc1ncnc(NC23CC(N4CCOCC4)(C2)C3)c1C(=O)N[C@@H]1[C@H]2CC[C@H](C2)[C@@H]1C(=O)Nc1ccc(C#N)c(C(F)(F)F)c1. The van der Waals surface area contributed by atoms with Gasteiger partial charge in [-0.2, -0.15) is 18.4 Å². The second kappa shape index (κ2) is 10.8. The molecule has 11 nitrogen and oxygen atoms in total. The molecular weight excluding hydrogens is 591 g/mol. The van der Waals surface area contributed by atoms with Gasteiger partial charge in [0.2, 0.25) is 11.8 Å². The Labute approximate surface area is 257 Å². The first-order chi connectivity index (χ1) is 21.5. The van der Waals surface area contributed by atoms with Crippen molar-refractivity contribution < 1.29 is 32.2 Å². The molecule has 6 aliphatic rings. The normalized spacial score (nSPS) is 31.7. The molecule has 6 fully saturated rings. The second-order valence-electron chi connectivity index (χ2n) is 13.1. The van der Waals surface area contributed by atoms with Gasteiger partial charge < -0.3 is 25.4 Å². The Bertz CT molecular complexity index is 1550. The van der Waals surface area contributed by atoms with Crippen LogP contribution in [0.25, 0.3) is 0 Å². The fourth-order valence-corrected chi connectivity index (χ4v) is 8.59. The van der Waals surface area contributed by atoms with E-state index in [2.05, 4.69) is 30.8 Å². The summed E-state index contributed by atoms with van der Waals surface area (Å²) >= 11 is 0. The summed E-state index contributed by atoms with van der Waals surface area (Å²) in [6.07, 6.45) is 1.75. The number of carbonyl (C=O) groups excluding carboxylic acids is 2. The van der Waals surface area contributed by atoms with Gasteiger partial charge in [-0.3, -0.25) is 14.5 Å². The van der Waals surface area contributed by atoms with E-state index in [1.165, 1.54) is 19.5 Å². The molecule has 3 N–H and O–H groups in total. The molecule has 4 atom stereocenters. The maximum atomic E-state index is 13.9.